The zero-order chi connectivity index (χ0) is 11.3. The van der Waals surface area contributed by atoms with E-state index in [2.05, 4.69) is 0 Å². The van der Waals surface area contributed by atoms with Crippen molar-refractivity contribution < 1.29 is 23.7 Å². The molecule has 0 aliphatic carbocycles. The molecule has 2 unspecified atom stereocenters. The van der Waals surface area contributed by atoms with E-state index in [1.54, 1.807) is 18.0 Å². The Morgan fingerprint density at radius 3 is 2.80 bits per heavy atom. The van der Waals surface area contributed by atoms with E-state index >= 15 is 0 Å². The Morgan fingerprint density at radius 1 is 1.53 bits per heavy atom. The molecule has 0 aromatic rings. The van der Waals surface area contributed by atoms with Gasteiger partial charge in [-0.3, -0.25) is 9.59 Å². The first-order chi connectivity index (χ1) is 7.09. The number of aliphatic carboxylic acids is 1. The normalized spacial score (nSPS) is 20.5. The molecule has 0 saturated heterocycles. The molecule has 5 nitrogen and oxygen atoms in total. The number of allylic oxidation sites excluding steroid dienone is 2. The summed E-state index contributed by atoms with van der Waals surface area (Å²) in [7, 11) is -1.38. The minimum absolute atomic E-state index is 0.235. The van der Waals surface area contributed by atoms with Crippen molar-refractivity contribution in [1.29, 1.82) is 0 Å². The van der Waals surface area contributed by atoms with Crippen molar-refractivity contribution in [3.8, 4) is 0 Å². The largest absolute Gasteiger partial charge is 0.481 e. The molecule has 1 aliphatic heterocycles. The fourth-order valence-electron chi connectivity index (χ4n) is 0.871. The summed E-state index contributed by atoms with van der Waals surface area (Å²) < 4.78 is 9.97. The smallest absolute Gasteiger partial charge is 0.319 e. The van der Waals surface area contributed by atoms with Gasteiger partial charge in [0, 0.05) is 5.82 Å². The zero-order valence-corrected chi connectivity index (χ0v) is 9.02. The summed E-state index contributed by atoms with van der Waals surface area (Å²) in [6.07, 6.45) is 4.58. The van der Waals surface area contributed by atoms with E-state index in [1.165, 1.54) is 13.2 Å². The van der Waals surface area contributed by atoms with Crippen LogP contribution in [0.2, 0.25) is 0 Å². The summed E-state index contributed by atoms with van der Waals surface area (Å²) in [5.74, 6) is -0.607. The first-order valence-corrected chi connectivity index (χ1v) is 5.57. The summed E-state index contributed by atoms with van der Waals surface area (Å²) in [6.45, 7) is 1.51. The average molecular weight is 230 g/mol. The van der Waals surface area contributed by atoms with Crippen LogP contribution in [0, 0.1) is 5.92 Å². The van der Waals surface area contributed by atoms with Crippen LogP contribution < -0.4 is 0 Å². The molecule has 0 aromatic heterocycles. The molecule has 0 amide bonds. The number of carbonyl (C=O) groups excluding carboxylic acids is 1. The van der Waals surface area contributed by atoms with Crippen LogP contribution in [0.3, 0.4) is 0 Å². The van der Waals surface area contributed by atoms with Crippen LogP contribution in [0.1, 0.15) is 13.3 Å². The van der Waals surface area contributed by atoms with Gasteiger partial charge in [-0.15, -0.1) is 0 Å². The highest BCUT2D eigenvalue weighted by Crippen LogP contribution is 2.42. The molecule has 1 N–H and O–H groups in total. The summed E-state index contributed by atoms with van der Waals surface area (Å²) >= 11 is 0. The molecular formula is C9H11O5P. The predicted octanol–water partition coefficient (Wildman–Crippen LogP) is 2.01. The van der Waals surface area contributed by atoms with Crippen molar-refractivity contribution in [1.82, 2.24) is 0 Å². The van der Waals surface area contributed by atoms with E-state index in [-0.39, 0.29) is 6.42 Å². The summed E-state index contributed by atoms with van der Waals surface area (Å²) in [5.41, 5.74) is 0. The van der Waals surface area contributed by atoms with Gasteiger partial charge < -0.3 is 14.2 Å². The minimum atomic E-state index is -1.38. The molecule has 0 saturated carbocycles. The fraction of sp³-hybridized carbons (Fsp3) is 0.333. The zero-order valence-electron chi connectivity index (χ0n) is 8.12. The third kappa shape index (κ3) is 4.13. The van der Waals surface area contributed by atoms with Crippen LogP contribution in [0.25, 0.3) is 0 Å². The number of hydrogen-bond acceptors (Lipinski definition) is 4. The lowest BCUT2D eigenvalue weighted by Gasteiger charge is -2.15. The quantitative estimate of drug-likeness (QED) is 0.748. The Balaban J connectivity index is 2.37. The molecule has 2 atom stereocenters. The molecule has 6 heteroatoms. The van der Waals surface area contributed by atoms with Gasteiger partial charge in [0.25, 0.3) is 0 Å². The molecule has 1 heterocycles. The topological polar surface area (TPSA) is 72.8 Å². The van der Waals surface area contributed by atoms with Crippen molar-refractivity contribution in [2.24, 2.45) is 5.92 Å². The van der Waals surface area contributed by atoms with Crippen molar-refractivity contribution in [3.63, 3.8) is 0 Å². The third-order valence-electron chi connectivity index (χ3n) is 1.63. The standard InChI is InChI=1S/C9H11O5P/c1-7(6-8(10)11)9(12)14-15-5-3-2-4-13-15/h2-5,7H,6H2,1H3,(H,10,11). The summed E-state index contributed by atoms with van der Waals surface area (Å²) in [6, 6.07) is 0. The minimum Gasteiger partial charge on any atom is -0.481 e. The molecule has 0 radical (unpaired) electrons. The summed E-state index contributed by atoms with van der Waals surface area (Å²) in [4.78, 5) is 21.7. The number of rotatable bonds is 4. The lowest BCUT2D eigenvalue weighted by molar-refractivity contribution is -0.145. The van der Waals surface area contributed by atoms with Gasteiger partial charge in [-0.25, -0.2) is 0 Å². The highest BCUT2D eigenvalue weighted by atomic mass is 31.2. The van der Waals surface area contributed by atoms with E-state index in [0.717, 1.165) is 0 Å². The Labute approximate surface area is 88.3 Å². The molecule has 82 valence electrons. The highest BCUT2D eigenvalue weighted by molar-refractivity contribution is 7.51. The SMILES string of the molecule is CC(CC(=O)O)C(=O)OP1C=CC=CO1. The molecule has 0 bridgehead atoms. The van der Waals surface area contributed by atoms with Crippen LogP contribution >= 0.6 is 8.38 Å². The van der Waals surface area contributed by atoms with E-state index in [9.17, 15) is 9.59 Å². The van der Waals surface area contributed by atoms with E-state index < -0.39 is 26.2 Å². The van der Waals surface area contributed by atoms with E-state index in [4.69, 9.17) is 14.2 Å². The Hall–Kier alpha value is -1.35. The highest BCUT2D eigenvalue weighted by Gasteiger charge is 2.22. The maximum absolute atomic E-state index is 11.3. The first kappa shape index (κ1) is 11.7. The van der Waals surface area contributed by atoms with Crippen LogP contribution in [-0.4, -0.2) is 17.0 Å². The molecular weight excluding hydrogens is 219 g/mol. The molecule has 15 heavy (non-hydrogen) atoms. The number of hydrogen-bond donors (Lipinski definition) is 1. The monoisotopic (exact) mass is 230 g/mol. The molecule has 1 rings (SSSR count). The molecule has 0 fully saturated rings. The maximum atomic E-state index is 11.3. The van der Waals surface area contributed by atoms with Gasteiger partial charge in [0.15, 0.2) is 0 Å². The fourth-order valence-corrected chi connectivity index (χ4v) is 1.83. The maximum Gasteiger partial charge on any atom is 0.319 e. The Kier molecular flexibility index (Phi) is 4.31. The first-order valence-electron chi connectivity index (χ1n) is 4.32. The lowest BCUT2D eigenvalue weighted by atomic mass is 10.1. The van der Waals surface area contributed by atoms with Crippen LogP contribution in [0.4, 0.5) is 0 Å². The number of carbonyl (C=O) groups is 2. The van der Waals surface area contributed by atoms with Crippen LogP contribution in [0.15, 0.2) is 24.2 Å². The van der Waals surface area contributed by atoms with Crippen molar-refractivity contribution in [2.75, 3.05) is 0 Å². The lowest BCUT2D eigenvalue weighted by Crippen LogP contribution is -2.16. The second kappa shape index (κ2) is 5.51. The van der Waals surface area contributed by atoms with E-state index in [1.807, 2.05) is 0 Å². The van der Waals surface area contributed by atoms with Gasteiger partial charge in [0.05, 0.1) is 18.6 Å². The molecule has 1 aliphatic rings. The Morgan fingerprint density at radius 2 is 2.27 bits per heavy atom. The Bertz CT molecular complexity index is 310. The third-order valence-corrected chi connectivity index (χ3v) is 2.73. The van der Waals surface area contributed by atoms with Gasteiger partial charge in [-0.05, 0) is 6.08 Å². The van der Waals surface area contributed by atoms with Crippen molar-refractivity contribution in [2.45, 2.75) is 13.3 Å². The number of carboxylic acid groups (broad SMARTS) is 1. The van der Waals surface area contributed by atoms with Gasteiger partial charge in [-0.2, -0.15) is 0 Å². The van der Waals surface area contributed by atoms with Crippen LogP contribution in [0.5, 0.6) is 0 Å². The second-order valence-corrected chi connectivity index (χ2v) is 4.23. The average Bonchev–Trinajstić information content (AvgIpc) is 2.18. The van der Waals surface area contributed by atoms with E-state index in [0.29, 0.717) is 0 Å². The predicted molar refractivity (Wildman–Crippen MR) is 53.8 cm³/mol. The van der Waals surface area contributed by atoms with Gasteiger partial charge in [0.2, 0.25) is 0 Å². The van der Waals surface area contributed by atoms with Crippen LogP contribution in [-0.2, 0) is 18.6 Å². The summed E-state index contributed by atoms with van der Waals surface area (Å²) in [5, 5.41) is 8.48. The van der Waals surface area contributed by atoms with Crippen molar-refractivity contribution in [3.05, 3.63) is 24.2 Å². The van der Waals surface area contributed by atoms with Crippen molar-refractivity contribution >= 4 is 20.3 Å². The van der Waals surface area contributed by atoms with Gasteiger partial charge in [-0.1, -0.05) is 13.0 Å². The number of carboxylic acids is 1. The molecule has 0 aromatic carbocycles. The van der Waals surface area contributed by atoms with Gasteiger partial charge >= 0.3 is 20.3 Å². The van der Waals surface area contributed by atoms with Gasteiger partial charge in [0.1, 0.15) is 0 Å². The second-order valence-electron chi connectivity index (χ2n) is 2.97. The molecule has 0 spiro atoms.